The molecule has 1 rings (SSSR count). The van der Waals surface area contributed by atoms with E-state index >= 15 is 0 Å². The molecule has 3 N–H and O–H groups in total. The van der Waals surface area contributed by atoms with Gasteiger partial charge in [-0.2, -0.15) is 0 Å². The highest BCUT2D eigenvalue weighted by molar-refractivity contribution is 9.10. The van der Waals surface area contributed by atoms with Crippen LogP contribution in [0.1, 0.15) is 41.0 Å². The van der Waals surface area contributed by atoms with Crippen LogP contribution < -0.4 is 11.1 Å². The maximum Gasteiger partial charge on any atom is 0.232 e. The number of amides is 1. The van der Waals surface area contributed by atoms with Gasteiger partial charge in [-0.25, -0.2) is 0 Å². The zero-order valence-electron chi connectivity index (χ0n) is 12.9. The third-order valence-electron chi connectivity index (χ3n) is 3.05. The van der Waals surface area contributed by atoms with Crippen molar-refractivity contribution in [2.24, 2.45) is 11.3 Å². The molecule has 0 aliphatic heterocycles. The van der Waals surface area contributed by atoms with Crippen LogP contribution in [-0.4, -0.2) is 5.91 Å². The third kappa shape index (κ3) is 4.82. The monoisotopic (exact) mass is 339 g/mol. The van der Waals surface area contributed by atoms with Gasteiger partial charge in [0, 0.05) is 4.47 Å². The quantitative estimate of drug-likeness (QED) is 0.785. The largest absolute Gasteiger partial charge is 0.397 e. The Morgan fingerprint density at radius 3 is 2.40 bits per heavy atom. The van der Waals surface area contributed by atoms with E-state index in [1.165, 1.54) is 0 Å². The normalized spacial score (nSPS) is 12.0. The van der Waals surface area contributed by atoms with E-state index in [0.717, 1.165) is 16.8 Å². The first kappa shape index (κ1) is 17.0. The van der Waals surface area contributed by atoms with Crippen molar-refractivity contribution in [3.63, 3.8) is 0 Å². The molecule has 0 bridgehead atoms. The molecule has 3 nitrogen and oxygen atoms in total. The zero-order valence-corrected chi connectivity index (χ0v) is 14.5. The highest BCUT2D eigenvalue weighted by Crippen LogP contribution is 2.35. The van der Waals surface area contributed by atoms with Crippen LogP contribution in [0.3, 0.4) is 0 Å². The predicted octanol–water partition coefficient (Wildman–Crippen LogP) is 4.64. The molecule has 0 heterocycles. The Morgan fingerprint density at radius 1 is 1.35 bits per heavy atom. The number of carbonyl (C=O) groups is 1. The predicted molar refractivity (Wildman–Crippen MR) is 89.3 cm³/mol. The van der Waals surface area contributed by atoms with E-state index < -0.39 is 0 Å². The molecule has 1 aromatic rings. The molecule has 0 aromatic heterocycles. The van der Waals surface area contributed by atoms with E-state index in [1.807, 2.05) is 12.1 Å². The second-order valence-corrected chi connectivity index (χ2v) is 7.43. The van der Waals surface area contributed by atoms with Crippen molar-refractivity contribution >= 4 is 33.2 Å². The molecule has 0 spiro atoms. The third-order valence-corrected chi connectivity index (χ3v) is 3.55. The highest BCUT2D eigenvalue weighted by atomic mass is 79.9. The minimum atomic E-state index is -0.154. The van der Waals surface area contributed by atoms with Crippen molar-refractivity contribution in [1.82, 2.24) is 0 Å². The summed E-state index contributed by atoms with van der Waals surface area (Å²) in [6, 6.07) is 5.47. The second-order valence-electron chi connectivity index (χ2n) is 6.51. The fourth-order valence-electron chi connectivity index (χ4n) is 1.99. The van der Waals surface area contributed by atoms with Crippen LogP contribution in [-0.2, 0) is 4.79 Å². The van der Waals surface area contributed by atoms with Gasteiger partial charge in [-0.05, 0) is 36.0 Å². The molecule has 1 amide bonds. The average Bonchev–Trinajstić information content (AvgIpc) is 2.28. The zero-order chi connectivity index (χ0) is 15.5. The number of carbonyl (C=O) groups excluding carboxylic acids is 1. The first-order valence-corrected chi connectivity index (χ1v) is 7.63. The Balaban J connectivity index is 2.91. The molecular weight excluding hydrogens is 316 g/mol. The molecule has 0 aliphatic carbocycles. The van der Waals surface area contributed by atoms with Gasteiger partial charge >= 0.3 is 0 Å². The molecule has 111 valence electrons. The minimum absolute atomic E-state index is 0.0415. The Morgan fingerprint density at radius 2 is 1.95 bits per heavy atom. The van der Waals surface area contributed by atoms with Gasteiger partial charge in [0.05, 0.1) is 17.3 Å². The molecular formula is C16H24BrN2O. The van der Waals surface area contributed by atoms with Crippen molar-refractivity contribution in [2.75, 3.05) is 11.1 Å². The van der Waals surface area contributed by atoms with E-state index in [9.17, 15) is 4.79 Å². The van der Waals surface area contributed by atoms with E-state index in [-0.39, 0.29) is 11.3 Å². The van der Waals surface area contributed by atoms with Gasteiger partial charge in [0.2, 0.25) is 5.91 Å². The summed E-state index contributed by atoms with van der Waals surface area (Å²) in [5.41, 5.74) is 6.99. The molecule has 0 fully saturated rings. The Kier molecular flexibility index (Phi) is 5.63. The van der Waals surface area contributed by atoms with Crippen molar-refractivity contribution < 1.29 is 4.79 Å². The number of nitrogens with one attached hydrogen (secondary N) is 1. The average molecular weight is 340 g/mol. The van der Waals surface area contributed by atoms with Gasteiger partial charge in [-0.1, -0.05) is 50.5 Å². The molecule has 0 unspecified atom stereocenters. The number of hydrogen-bond donors (Lipinski definition) is 2. The highest BCUT2D eigenvalue weighted by Gasteiger charge is 2.32. The topological polar surface area (TPSA) is 55.1 Å². The summed E-state index contributed by atoms with van der Waals surface area (Å²) in [7, 11) is 0. The lowest BCUT2D eigenvalue weighted by molar-refractivity contribution is -0.116. The summed E-state index contributed by atoms with van der Waals surface area (Å²) in [6.45, 7) is 10.4. The number of anilines is 2. The van der Waals surface area contributed by atoms with Crippen molar-refractivity contribution in [2.45, 2.75) is 41.0 Å². The second kappa shape index (κ2) is 6.61. The Labute approximate surface area is 130 Å². The fraction of sp³-hybridized carbons (Fsp3) is 0.500. The molecule has 20 heavy (non-hydrogen) atoms. The SMILES string of the molecule is CC(C)C[C](C(=O)Nc1ccc(Br)cc1N)C(C)(C)C. The summed E-state index contributed by atoms with van der Waals surface area (Å²) in [6.07, 6.45) is 0.783. The molecule has 1 aromatic carbocycles. The van der Waals surface area contributed by atoms with E-state index in [1.54, 1.807) is 6.07 Å². The summed E-state index contributed by atoms with van der Waals surface area (Å²) >= 11 is 3.36. The number of benzene rings is 1. The van der Waals surface area contributed by atoms with Crippen LogP contribution in [0, 0.1) is 17.3 Å². The van der Waals surface area contributed by atoms with Crippen LogP contribution >= 0.6 is 15.9 Å². The minimum Gasteiger partial charge on any atom is -0.397 e. The van der Waals surface area contributed by atoms with Crippen LogP contribution in [0.15, 0.2) is 22.7 Å². The van der Waals surface area contributed by atoms with Crippen LogP contribution in [0.25, 0.3) is 0 Å². The van der Waals surface area contributed by atoms with E-state index in [0.29, 0.717) is 17.3 Å². The lowest BCUT2D eigenvalue weighted by Crippen LogP contribution is -2.32. The first-order valence-electron chi connectivity index (χ1n) is 6.84. The van der Waals surface area contributed by atoms with Gasteiger partial charge in [-0.3, -0.25) is 4.79 Å². The molecule has 0 saturated carbocycles. The molecule has 1 radical (unpaired) electrons. The molecule has 4 heteroatoms. The fourth-order valence-corrected chi connectivity index (χ4v) is 2.37. The van der Waals surface area contributed by atoms with Crippen LogP contribution in [0.5, 0.6) is 0 Å². The lowest BCUT2D eigenvalue weighted by Gasteiger charge is -2.30. The maximum absolute atomic E-state index is 12.5. The number of halogens is 1. The molecule has 0 saturated heterocycles. The Bertz CT molecular complexity index is 478. The first-order chi connectivity index (χ1) is 9.11. The Hall–Kier alpha value is -1.03. The summed E-state index contributed by atoms with van der Waals surface area (Å²) in [4.78, 5) is 12.5. The lowest BCUT2D eigenvalue weighted by atomic mass is 9.75. The van der Waals surface area contributed by atoms with Crippen LogP contribution in [0.2, 0.25) is 0 Å². The standard InChI is InChI=1S/C16H24BrN2O/c1-10(2)8-12(16(3,4)5)15(20)19-14-7-6-11(17)9-13(14)18/h6-7,9-10H,8,18H2,1-5H3,(H,19,20). The van der Waals surface area contributed by atoms with Crippen molar-refractivity contribution in [3.05, 3.63) is 28.6 Å². The maximum atomic E-state index is 12.5. The number of hydrogen-bond acceptors (Lipinski definition) is 2. The number of nitrogens with two attached hydrogens (primary N) is 1. The molecule has 0 aliphatic rings. The van der Waals surface area contributed by atoms with Gasteiger partial charge in [0.15, 0.2) is 0 Å². The van der Waals surface area contributed by atoms with Crippen molar-refractivity contribution in [1.29, 1.82) is 0 Å². The number of nitrogen functional groups attached to an aromatic ring is 1. The van der Waals surface area contributed by atoms with E-state index in [2.05, 4.69) is 55.9 Å². The van der Waals surface area contributed by atoms with Gasteiger partial charge in [-0.15, -0.1) is 0 Å². The molecule has 0 atom stereocenters. The summed E-state index contributed by atoms with van der Waals surface area (Å²) < 4.78 is 0.898. The summed E-state index contributed by atoms with van der Waals surface area (Å²) in [5, 5.41) is 2.93. The van der Waals surface area contributed by atoms with Gasteiger partial charge in [0.1, 0.15) is 0 Å². The van der Waals surface area contributed by atoms with Gasteiger partial charge < -0.3 is 11.1 Å². The van der Waals surface area contributed by atoms with Gasteiger partial charge in [0.25, 0.3) is 0 Å². The number of rotatable bonds is 4. The summed E-state index contributed by atoms with van der Waals surface area (Å²) in [5.74, 6) is 1.30. The van der Waals surface area contributed by atoms with Crippen LogP contribution in [0.4, 0.5) is 11.4 Å². The van der Waals surface area contributed by atoms with E-state index in [4.69, 9.17) is 5.73 Å². The smallest absolute Gasteiger partial charge is 0.232 e. The van der Waals surface area contributed by atoms with Crippen molar-refractivity contribution in [3.8, 4) is 0 Å².